The van der Waals surface area contributed by atoms with Gasteiger partial charge in [-0.05, 0) is 50.0 Å². The summed E-state index contributed by atoms with van der Waals surface area (Å²) >= 11 is 3.22. The highest BCUT2D eigenvalue weighted by Crippen LogP contribution is 2.42. The minimum atomic E-state index is -0.165. The molecular formula is C19H26N4OS2. The van der Waals surface area contributed by atoms with Gasteiger partial charge in [-0.2, -0.15) is 0 Å². The Labute approximate surface area is 163 Å². The summed E-state index contributed by atoms with van der Waals surface area (Å²) in [7, 11) is 0. The third kappa shape index (κ3) is 3.83. The molecule has 0 saturated heterocycles. The number of hydrogen-bond donors (Lipinski definition) is 1. The van der Waals surface area contributed by atoms with Crippen LogP contribution in [0.4, 0.5) is 0 Å². The second-order valence-corrected chi connectivity index (χ2v) is 9.78. The van der Waals surface area contributed by atoms with Crippen molar-refractivity contribution >= 4 is 29.0 Å². The first-order valence-electron chi connectivity index (χ1n) is 9.59. The fourth-order valence-electron chi connectivity index (χ4n) is 3.64. The van der Waals surface area contributed by atoms with Crippen molar-refractivity contribution in [1.29, 1.82) is 0 Å². The van der Waals surface area contributed by atoms with Gasteiger partial charge in [-0.15, -0.1) is 21.5 Å². The summed E-state index contributed by atoms with van der Waals surface area (Å²) < 4.78 is 2.24. The molecule has 2 aromatic heterocycles. The molecule has 2 heterocycles. The molecule has 2 aromatic rings. The van der Waals surface area contributed by atoms with Gasteiger partial charge in [0.05, 0.1) is 10.1 Å². The van der Waals surface area contributed by atoms with E-state index in [9.17, 15) is 4.79 Å². The van der Waals surface area contributed by atoms with Gasteiger partial charge in [0.25, 0.3) is 0 Å². The second-order valence-electron chi connectivity index (χ2n) is 7.52. The summed E-state index contributed by atoms with van der Waals surface area (Å²) in [4.78, 5) is 13.8. The first kappa shape index (κ1) is 18.0. The molecule has 2 aliphatic rings. The SMILES string of the molecule is C[C@@H]1CCCC[C@@H]1NC(=O)[C@@H](C)Sc1nnc(-c2cccs2)n1C1CC1. The van der Waals surface area contributed by atoms with Crippen LogP contribution >= 0.6 is 23.1 Å². The smallest absolute Gasteiger partial charge is 0.233 e. The van der Waals surface area contributed by atoms with Crippen LogP contribution in [0.3, 0.4) is 0 Å². The number of hydrogen-bond acceptors (Lipinski definition) is 5. The van der Waals surface area contributed by atoms with Crippen LogP contribution < -0.4 is 5.32 Å². The fraction of sp³-hybridized carbons (Fsp3) is 0.632. The zero-order chi connectivity index (χ0) is 18.1. The minimum absolute atomic E-state index is 0.122. The van der Waals surface area contributed by atoms with E-state index in [2.05, 4.69) is 38.5 Å². The van der Waals surface area contributed by atoms with Crippen molar-refractivity contribution in [1.82, 2.24) is 20.1 Å². The van der Waals surface area contributed by atoms with Crippen LogP contribution in [0.15, 0.2) is 22.7 Å². The van der Waals surface area contributed by atoms with Crippen molar-refractivity contribution in [3.8, 4) is 10.7 Å². The molecule has 0 radical (unpaired) electrons. The average molecular weight is 391 g/mol. The van der Waals surface area contributed by atoms with Crippen LogP contribution in [0.5, 0.6) is 0 Å². The number of nitrogens with zero attached hydrogens (tertiary/aromatic N) is 3. The van der Waals surface area contributed by atoms with Crippen LogP contribution in [-0.2, 0) is 4.79 Å². The standard InChI is InChI=1S/C19H26N4OS2/c1-12-6-3-4-7-15(12)20-18(24)13(2)26-19-22-21-17(16-8-5-11-25-16)23(19)14-9-10-14/h5,8,11-15H,3-4,6-7,9-10H2,1-2H3,(H,20,24)/t12-,13-,15+/m1/s1. The predicted molar refractivity (Wildman–Crippen MR) is 106 cm³/mol. The van der Waals surface area contributed by atoms with E-state index < -0.39 is 0 Å². The summed E-state index contributed by atoms with van der Waals surface area (Å²) in [5, 5.41) is 14.9. The molecule has 1 N–H and O–H groups in total. The van der Waals surface area contributed by atoms with Crippen LogP contribution in [0.25, 0.3) is 10.7 Å². The van der Waals surface area contributed by atoms with Crippen molar-refractivity contribution in [3.05, 3.63) is 17.5 Å². The first-order valence-corrected chi connectivity index (χ1v) is 11.3. The lowest BCUT2D eigenvalue weighted by Gasteiger charge is -2.30. The Kier molecular flexibility index (Phi) is 5.36. The minimum Gasteiger partial charge on any atom is -0.352 e. The van der Waals surface area contributed by atoms with E-state index in [0.29, 0.717) is 18.0 Å². The maximum absolute atomic E-state index is 12.7. The molecule has 0 aliphatic heterocycles. The molecule has 3 atom stereocenters. The summed E-state index contributed by atoms with van der Waals surface area (Å²) in [5.74, 6) is 1.64. The largest absolute Gasteiger partial charge is 0.352 e. The average Bonchev–Trinajstić information content (AvgIpc) is 3.16. The van der Waals surface area contributed by atoms with E-state index in [1.54, 1.807) is 11.3 Å². The van der Waals surface area contributed by atoms with E-state index in [-0.39, 0.29) is 11.2 Å². The fourth-order valence-corrected chi connectivity index (χ4v) is 5.27. The second kappa shape index (κ2) is 7.72. The summed E-state index contributed by atoms with van der Waals surface area (Å²) in [5.41, 5.74) is 0. The van der Waals surface area contributed by atoms with Gasteiger partial charge in [0.15, 0.2) is 11.0 Å². The van der Waals surface area contributed by atoms with Gasteiger partial charge in [0.2, 0.25) is 5.91 Å². The first-order chi connectivity index (χ1) is 12.6. The monoisotopic (exact) mass is 390 g/mol. The topological polar surface area (TPSA) is 59.8 Å². The molecule has 7 heteroatoms. The van der Waals surface area contributed by atoms with Crippen molar-refractivity contribution in [2.75, 3.05) is 0 Å². The van der Waals surface area contributed by atoms with Crippen LogP contribution in [-0.4, -0.2) is 32.0 Å². The third-order valence-electron chi connectivity index (χ3n) is 5.41. The van der Waals surface area contributed by atoms with Crippen LogP contribution in [0.1, 0.15) is 58.4 Å². The van der Waals surface area contributed by atoms with Crippen LogP contribution in [0.2, 0.25) is 0 Å². The Morgan fingerprint density at radius 3 is 2.81 bits per heavy atom. The molecule has 4 rings (SSSR count). The molecule has 2 fully saturated rings. The van der Waals surface area contributed by atoms with Gasteiger partial charge in [-0.1, -0.05) is 37.6 Å². The van der Waals surface area contributed by atoms with E-state index in [1.807, 2.05) is 13.0 Å². The number of amides is 1. The van der Waals surface area contributed by atoms with Crippen LogP contribution in [0, 0.1) is 5.92 Å². The number of rotatable bonds is 6. The number of carbonyl (C=O) groups is 1. The summed E-state index contributed by atoms with van der Waals surface area (Å²) in [6.07, 6.45) is 7.16. The molecule has 0 bridgehead atoms. The molecule has 26 heavy (non-hydrogen) atoms. The van der Waals surface area contributed by atoms with Gasteiger partial charge < -0.3 is 5.32 Å². The predicted octanol–water partition coefficient (Wildman–Crippen LogP) is 4.52. The van der Waals surface area contributed by atoms with Crippen molar-refractivity contribution in [3.63, 3.8) is 0 Å². The van der Waals surface area contributed by atoms with Gasteiger partial charge in [-0.25, -0.2) is 0 Å². The normalized spacial score (nSPS) is 24.4. The lowest BCUT2D eigenvalue weighted by Crippen LogP contribution is -2.44. The van der Waals surface area contributed by atoms with Gasteiger partial charge in [0, 0.05) is 12.1 Å². The van der Waals surface area contributed by atoms with Gasteiger partial charge >= 0.3 is 0 Å². The highest BCUT2D eigenvalue weighted by Gasteiger charge is 2.32. The molecule has 140 valence electrons. The van der Waals surface area contributed by atoms with Gasteiger partial charge in [0.1, 0.15) is 0 Å². The Balaban J connectivity index is 1.46. The van der Waals surface area contributed by atoms with Gasteiger partial charge in [-0.3, -0.25) is 9.36 Å². The number of aromatic nitrogens is 3. The number of nitrogens with one attached hydrogen (secondary N) is 1. The van der Waals surface area contributed by atoms with Crippen molar-refractivity contribution < 1.29 is 4.79 Å². The van der Waals surface area contributed by atoms with E-state index in [0.717, 1.165) is 22.3 Å². The molecule has 0 spiro atoms. The number of thioether (sulfide) groups is 1. The Hall–Kier alpha value is -1.34. The molecule has 2 aliphatic carbocycles. The molecule has 0 aromatic carbocycles. The van der Waals surface area contributed by atoms with E-state index >= 15 is 0 Å². The highest BCUT2D eigenvalue weighted by molar-refractivity contribution is 8.00. The lowest BCUT2D eigenvalue weighted by atomic mass is 9.86. The van der Waals surface area contributed by atoms with E-state index in [1.165, 1.54) is 43.9 Å². The lowest BCUT2D eigenvalue weighted by molar-refractivity contribution is -0.121. The summed E-state index contributed by atoms with van der Waals surface area (Å²) in [6, 6.07) is 4.93. The highest BCUT2D eigenvalue weighted by atomic mass is 32.2. The zero-order valence-electron chi connectivity index (χ0n) is 15.4. The summed E-state index contributed by atoms with van der Waals surface area (Å²) in [6.45, 7) is 4.23. The molecule has 2 saturated carbocycles. The van der Waals surface area contributed by atoms with Crippen molar-refractivity contribution in [2.45, 2.75) is 74.9 Å². The Bertz CT molecular complexity index is 754. The Morgan fingerprint density at radius 2 is 2.12 bits per heavy atom. The van der Waals surface area contributed by atoms with Crippen molar-refractivity contribution in [2.24, 2.45) is 5.92 Å². The molecular weight excluding hydrogens is 364 g/mol. The maximum atomic E-state index is 12.7. The quantitative estimate of drug-likeness (QED) is 0.737. The number of thiophene rings is 1. The Morgan fingerprint density at radius 1 is 1.31 bits per heavy atom. The number of carbonyl (C=O) groups excluding carboxylic acids is 1. The molecule has 0 unspecified atom stereocenters. The zero-order valence-corrected chi connectivity index (χ0v) is 17.0. The molecule has 5 nitrogen and oxygen atoms in total. The van der Waals surface area contributed by atoms with E-state index in [4.69, 9.17) is 0 Å². The molecule has 1 amide bonds. The maximum Gasteiger partial charge on any atom is 0.233 e. The third-order valence-corrected chi connectivity index (χ3v) is 7.33.